The van der Waals surface area contributed by atoms with Crippen LogP contribution in [-0.2, 0) is 0 Å². The van der Waals surface area contributed by atoms with Gasteiger partial charge in [0.2, 0.25) is 0 Å². The zero-order valence-electron chi connectivity index (χ0n) is 10.8. The molecule has 1 saturated heterocycles. The first-order valence-corrected chi connectivity index (χ1v) is 6.40. The molecule has 1 fully saturated rings. The Morgan fingerprint density at radius 2 is 2.17 bits per heavy atom. The summed E-state index contributed by atoms with van der Waals surface area (Å²) >= 11 is 0. The summed E-state index contributed by atoms with van der Waals surface area (Å²) in [6.07, 6.45) is -0.332. The Labute approximate surface area is 107 Å². The zero-order chi connectivity index (χ0) is 13.3. The molecule has 18 heavy (non-hydrogen) atoms. The van der Waals surface area contributed by atoms with Crippen molar-refractivity contribution in [3.05, 3.63) is 29.6 Å². The molecular formula is C14H20FNO2. The third-order valence-corrected chi connectivity index (χ3v) is 3.70. The molecule has 2 unspecified atom stereocenters. The van der Waals surface area contributed by atoms with Crippen molar-refractivity contribution in [2.45, 2.75) is 32.5 Å². The van der Waals surface area contributed by atoms with Gasteiger partial charge in [-0.2, -0.15) is 0 Å². The van der Waals surface area contributed by atoms with E-state index in [1.807, 2.05) is 11.8 Å². The molecule has 1 aromatic carbocycles. The summed E-state index contributed by atoms with van der Waals surface area (Å²) in [6.45, 7) is 4.75. The van der Waals surface area contributed by atoms with Gasteiger partial charge in [0.05, 0.1) is 17.9 Å². The Morgan fingerprint density at radius 1 is 1.44 bits per heavy atom. The molecule has 2 N–H and O–H groups in total. The number of nitrogens with zero attached hydrogens (tertiary/aromatic N) is 1. The topological polar surface area (TPSA) is 43.7 Å². The average Bonchev–Trinajstić information content (AvgIpc) is 2.32. The molecule has 0 aromatic heterocycles. The highest BCUT2D eigenvalue weighted by Gasteiger charge is 2.27. The molecule has 3 nitrogen and oxygen atoms in total. The number of hydrogen-bond donors (Lipinski definition) is 2. The number of halogens is 1. The minimum Gasteiger partial charge on any atom is -0.391 e. The summed E-state index contributed by atoms with van der Waals surface area (Å²) in [5.41, 5.74) is 1.01. The van der Waals surface area contributed by atoms with Gasteiger partial charge in [0.25, 0.3) is 0 Å². The Hall–Kier alpha value is -1.13. The monoisotopic (exact) mass is 253 g/mol. The van der Waals surface area contributed by atoms with Gasteiger partial charge in [0.1, 0.15) is 5.82 Å². The lowest BCUT2D eigenvalue weighted by molar-refractivity contribution is 0.102. The van der Waals surface area contributed by atoms with Crippen LogP contribution in [0.1, 0.15) is 31.9 Å². The van der Waals surface area contributed by atoms with E-state index in [9.17, 15) is 14.6 Å². The minimum atomic E-state index is -0.716. The van der Waals surface area contributed by atoms with Gasteiger partial charge in [-0.15, -0.1) is 0 Å². The van der Waals surface area contributed by atoms with E-state index in [1.54, 1.807) is 19.1 Å². The smallest absolute Gasteiger partial charge is 0.146 e. The van der Waals surface area contributed by atoms with Crippen molar-refractivity contribution in [1.29, 1.82) is 0 Å². The number of para-hydroxylation sites is 1. The van der Waals surface area contributed by atoms with E-state index < -0.39 is 12.2 Å². The molecule has 1 heterocycles. The molecule has 0 saturated carbocycles. The number of β-amino-alcohol motifs (C(OH)–C–C–N with tert-alkyl or cyclic N) is 1. The quantitative estimate of drug-likeness (QED) is 0.848. The molecule has 2 rings (SSSR count). The van der Waals surface area contributed by atoms with Crippen LogP contribution in [0, 0.1) is 11.7 Å². The van der Waals surface area contributed by atoms with Crippen molar-refractivity contribution in [1.82, 2.24) is 0 Å². The summed E-state index contributed by atoms with van der Waals surface area (Å²) in [5.74, 6) is -0.0989. The molecule has 0 amide bonds. The maximum absolute atomic E-state index is 14.0. The number of rotatable bonds is 2. The molecule has 4 heteroatoms. The second-order valence-corrected chi connectivity index (χ2v) is 5.13. The first-order chi connectivity index (χ1) is 8.50. The minimum absolute atomic E-state index is 0.239. The molecule has 0 radical (unpaired) electrons. The van der Waals surface area contributed by atoms with Crippen molar-refractivity contribution in [3.8, 4) is 0 Å². The molecular weight excluding hydrogens is 233 g/mol. The van der Waals surface area contributed by atoms with Gasteiger partial charge in [0.15, 0.2) is 0 Å². The molecule has 3 atom stereocenters. The fraction of sp³-hybridized carbons (Fsp3) is 0.571. The summed E-state index contributed by atoms with van der Waals surface area (Å²) in [4.78, 5) is 1.84. The van der Waals surface area contributed by atoms with Gasteiger partial charge >= 0.3 is 0 Å². The number of piperidine rings is 1. The fourth-order valence-corrected chi connectivity index (χ4v) is 2.45. The third kappa shape index (κ3) is 2.49. The lowest BCUT2D eigenvalue weighted by Crippen LogP contribution is -2.43. The lowest BCUT2D eigenvalue weighted by atomic mass is 9.94. The van der Waals surface area contributed by atoms with E-state index >= 15 is 0 Å². The predicted molar refractivity (Wildman–Crippen MR) is 69.0 cm³/mol. The van der Waals surface area contributed by atoms with E-state index in [4.69, 9.17) is 0 Å². The van der Waals surface area contributed by atoms with Crippen molar-refractivity contribution in [3.63, 3.8) is 0 Å². The van der Waals surface area contributed by atoms with Crippen LogP contribution >= 0.6 is 0 Å². The number of anilines is 1. The standard InChI is InChI=1S/C14H20FNO2/c1-9-6-7-16(8-13(9)18)14-11(10(2)17)4-3-5-12(14)15/h3-5,9-10,13,17-18H,6-8H2,1-2H3/t9?,10-,13?/m0/s1. The van der Waals surface area contributed by atoms with Crippen molar-refractivity contribution < 1.29 is 14.6 Å². The van der Waals surface area contributed by atoms with Gasteiger partial charge in [-0.3, -0.25) is 0 Å². The fourth-order valence-electron chi connectivity index (χ4n) is 2.45. The molecule has 0 spiro atoms. The Kier molecular flexibility index (Phi) is 3.88. The number of aliphatic hydroxyl groups excluding tert-OH is 2. The molecule has 1 aliphatic heterocycles. The number of benzene rings is 1. The molecule has 0 bridgehead atoms. The maximum atomic E-state index is 14.0. The van der Waals surface area contributed by atoms with Gasteiger partial charge in [-0.25, -0.2) is 4.39 Å². The van der Waals surface area contributed by atoms with E-state index in [2.05, 4.69) is 0 Å². The summed E-state index contributed by atoms with van der Waals surface area (Å²) < 4.78 is 14.0. The van der Waals surface area contributed by atoms with E-state index in [0.29, 0.717) is 24.3 Å². The molecule has 1 aromatic rings. The molecule has 100 valence electrons. The largest absolute Gasteiger partial charge is 0.391 e. The van der Waals surface area contributed by atoms with Crippen LogP contribution < -0.4 is 4.90 Å². The molecule has 1 aliphatic rings. The van der Waals surface area contributed by atoms with Crippen LogP contribution in [0.2, 0.25) is 0 Å². The SMILES string of the molecule is CC1CCN(c2c(F)cccc2[C@H](C)O)CC1O. The average molecular weight is 253 g/mol. The van der Waals surface area contributed by atoms with Crippen LogP contribution in [-0.4, -0.2) is 29.4 Å². The van der Waals surface area contributed by atoms with Crippen LogP contribution in [0.4, 0.5) is 10.1 Å². The Bertz CT molecular complexity index is 422. The zero-order valence-corrected chi connectivity index (χ0v) is 10.8. The Morgan fingerprint density at radius 3 is 2.78 bits per heavy atom. The van der Waals surface area contributed by atoms with Crippen LogP contribution in [0.25, 0.3) is 0 Å². The highest BCUT2D eigenvalue weighted by atomic mass is 19.1. The lowest BCUT2D eigenvalue weighted by Gasteiger charge is -2.37. The number of hydrogen-bond acceptors (Lipinski definition) is 3. The van der Waals surface area contributed by atoms with E-state index in [0.717, 1.165) is 6.42 Å². The molecule has 0 aliphatic carbocycles. The van der Waals surface area contributed by atoms with Gasteiger partial charge < -0.3 is 15.1 Å². The van der Waals surface area contributed by atoms with Crippen LogP contribution in [0.5, 0.6) is 0 Å². The van der Waals surface area contributed by atoms with E-state index in [1.165, 1.54) is 6.07 Å². The van der Waals surface area contributed by atoms with Crippen LogP contribution in [0.15, 0.2) is 18.2 Å². The number of aliphatic hydroxyl groups is 2. The summed E-state index contributed by atoms with van der Waals surface area (Å²) in [7, 11) is 0. The van der Waals surface area contributed by atoms with Crippen molar-refractivity contribution in [2.24, 2.45) is 5.92 Å². The normalized spacial score (nSPS) is 26.2. The highest BCUT2D eigenvalue weighted by molar-refractivity contribution is 5.56. The van der Waals surface area contributed by atoms with Crippen molar-refractivity contribution in [2.75, 3.05) is 18.0 Å². The first-order valence-electron chi connectivity index (χ1n) is 6.40. The van der Waals surface area contributed by atoms with Gasteiger partial charge in [-0.1, -0.05) is 19.1 Å². The second kappa shape index (κ2) is 5.24. The van der Waals surface area contributed by atoms with Crippen molar-refractivity contribution >= 4 is 5.69 Å². The predicted octanol–water partition coefficient (Wildman–Crippen LogP) is 2.09. The van der Waals surface area contributed by atoms with E-state index in [-0.39, 0.29) is 11.7 Å². The van der Waals surface area contributed by atoms with Crippen LogP contribution in [0.3, 0.4) is 0 Å². The Balaban J connectivity index is 2.33. The summed E-state index contributed by atoms with van der Waals surface area (Å²) in [6, 6.07) is 4.73. The van der Waals surface area contributed by atoms with Gasteiger partial charge in [0, 0.05) is 18.7 Å². The second-order valence-electron chi connectivity index (χ2n) is 5.13. The first kappa shape index (κ1) is 13.3. The summed E-state index contributed by atoms with van der Waals surface area (Å²) in [5, 5.41) is 19.6. The highest BCUT2D eigenvalue weighted by Crippen LogP contribution is 2.32. The maximum Gasteiger partial charge on any atom is 0.146 e. The third-order valence-electron chi connectivity index (χ3n) is 3.70. The van der Waals surface area contributed by atoms with Gasteiger partial charge in [-0.05, 0) is 25.3 Å².